The summed E-state index contributed by atoms with van der Waals surface area (Å²) in [7, 11) is 1.66. The number of rotatable bonds is 5. The monoisotopic (exact) mass is 342 g/mol. The fraction of sp³-hybridized carbons (Fsp3) is 0.0476. The van der Waals surface area contributed by atoms with Gasteiger partial charge in [-0.25, -0.2) is 4.68 Å². The fourth-order valence-corrected chi connectivity index (χ4v) is 2.75. The van der Waals surface area contributed by atoms with E-state index in [1.807, 2.05) is 83.7 Å². The van der Waals surface area contributed by atoms with Crippen molar-refractivity contribution in [3.8, 4) is 22.7 Å². The molecule has 2 aromatic heterocycles. The van der Waals surface area contributed by atoms with Crippen molar-refractivity contribution in [1.82, 2.24) is 14.8 Å². The van der Waals surface area contributed by atoms with Crippen molar-refractivity contribution in [3.05, 3.63) is 85.2 Å². The third kappa shape index (κ3) is 3.28. The summed E-state index contributed by atoms with van der Waals surface area (Å²) in [4.78, 5) is 4.23. The molecule has 4 aromatic rings. The second kappa shape index (κ2) is 7.11. The Labute approximate surface area is 151 Å². The Bertz CT molecular complexity index is 923. The fourth-order valence-electron chi connectivity index (χ4n) is 2.75. The third-order valence-corrected chi connectivity index (χ3v) is 4.03. The predicted molar refractivity (Wildman–Crippen MR) is 103 cm³/mol. The summed E-state index contributed by atoms with van der Waals surface area (Å²) in [6.07, 6.45) is 3.61. The number of benzene rings is 2. The molecular formula is C21H18N4O. The van der Waals surface area contributed by atoms with Gasteiger partial charge in [0.05, 0.1) is 18.5 Å². The maximum atomic E-state index is 5.20. The van der Waals surface area contributed by atoms with Crippen molar-refractivity contribution < 1.29 is 4.74 Å². The highest BCUT2D eigenvalue weighted by Gasteiger charge is 2.12. The zero-order valence-corrected chi connectivity index (χ0v) is 14.3. The van der Waals surface area contributed by atoms with Crippen molar-refractivity contribution in [2.45, 2.75) is 0 Å². The molecule has 0 amide bonds. The molecule has 1 N–H and O–H groups in total. The maximum Gasteiger partial charge on any atom is 0.153 e. The Hall–Kier alpha value is -3.60. The Kier molecular flexibility index (Phi) is 4.35. The van der Waals surface area contributed by atoms with Crippen LogP contribution in [0.4, 0.5) is 11.5 Å². The quantitative estimate of drug-likeness (QED) is 0.572. The molecular weight excluding hydrogens is 324 g/mol. The molecule has 0 radical (unpaired) electrons. The molecule has 0 saturated heterocycles. The van der Waals surface area contributed by atoms with E-state index < -0.39 is 0 Å². The van der Waals surface area contributed by atoms with Gasteiger partial charge < -0.3 is 10.1 Å². The summed E-state index contributed by atoms with van der Waals surface area (Å²) in [5.41, 5.74) is 3.92. The van der Waals surface area contributed by atoms with E-state index in [1.54, 1.807) is 13.3 Å². The molecule has 0 aliphatic carbocycles. The van der Waals surface area contributed by atoms with Crippen LogP contribution in [0.1, 0.15) is 0 Å². The Morgan fingerprint density at radius 3 is 2.42 bits per heavy atom. The molecule has 5 heteroatoms. The summed E-state index contributed by atoms with van der Waals surface area (Å²) in [5, 5.41) is 8.09. The Balaban J connectivity index is 1.73. The van der Waals surface area contributed by atoms with Gasteiger partial charge in [0.2, 0.25) is 0 Å². The van der Waals surface area contributed by atoms with Gasteiger partial charge >= 0.3 is 0 Å². The summed E-state index contributed by atoms with van der Waals surface area (Å²) in [5.74, 6) is 1.58. The molecule has 4 rings (SSSR count). The van der Waals surface area contributed by atoms with Crippen LogP contribution in [0.15, 0.2) is 85.2 Å². The van der Waals surface area contributed by atoms with Gasteiger partial charge in [-0.2, -0.15) is 0 Å². The van der Waals surface area contributed by atoms with Crippen LogP contribution in [0.5, 0.6) is 5.75 Å². The van der Waals surface area contributed by atoms with Crippen LogP contribution in [0, 0.1) is 0 Å². The topological polar surface area (TPSA) is 52.0 Å². The molecule has 0 aliphatic rings. The minimum absolute atomic E-state index is 0.762. The van der Waals surface area contributed by atoms with E-state index in [-0.39, 0.29) is 0 Å². The van der Waals surface area contributed by atoms with E-state index >= 15 is 0 Å². The van der Waals surface area contributed by atoms with E-state index in [0.717, 1.165) is 34.2 Å². The minimum Gasteiger partial charge on any atom is -0.497 e. The highest BCUT2D eigenvalue weighted by molar-refractivity contribution is 5.68. The van der Waals surface area contributed by atoms with Crippen molar-refractivity contribution in [3.63, 3.8) is 0 Å². The van der Waals surface area contributed by atoms with E-state index in [2.05, 4.69) is 10.3 Å². The molecule has 5 nitrogen and oxygen atoms in total. The number of aromatic nitrogens is 3. The van der Waals surface area contributed by atoms with Gasteiger partial charge in [0.15, 0.2) is 5.82 Å². The molecule has 0 atom stereocenters. The molecule has 128 valence electrons. The first-order chi connectivity index (χ1) is 12.8. The first-order valence-corrected chi connectivity index (χ1v) is 8.30. The summed E-state index contributed by atoms with van der Waals surface area (Å²) >= 11 is 0. The zero-order chi connectivity index (χ0) is 17.8. The number of nitrogens with zero attached hydrogens (tertiary/aromatic N) is 3. The lowest BCUT2D eigenvalue weighted by molar-refractivity contribution is 0.415. The smallest absolute Gasteiger partial charge is 0.153 e. The second-order valence-electron chi connectivity index (χ2n) is 5.76. The number of para-hydroxylation sites is 1. The molecule has 0 spiro atoms. The first kappa shape index (κ1) is 15.9. The van der Waals surface area contributed by atoms with Crippen LogP contribution in [-0.2, 0) is 0 Å². The van der Waals surface area contributed by atoms with Crippen LogP contribution in [0.2, 0.25) is 0 Å². The number of hydrogen-bond acceptors (Lipinski definition) is 4. The predicted octanol–water partition coefficient (Wildman–Crippen LogP) is 4.69. The Morgan fingerprint density at radius 2 is 1.73 bits per heavy atom. The standard InChI is InChI=1S/C21H18N4O/c1-26-19-11-9-17(10-12-19)23-21-14-20(16-6-5-13-22-15-16)25(24-21)18-7-3-2-4-8-18/h2-15H,1H3,(H,23,24). The van der Waals surface area contributed by atoms with Gasteiger partial charge in [0.25, 0.3) is 0 Å². The van der Waals surface area contributed by atoms with E-state index in [9.17, 15) is 0 Å². The lowest BCUT2D eigenvalue weighted by Crippen LogP contribution is -1.99. The number of hydrogen-bond donors (Lipinski definition) is 1. The zero-order valence-electron chi connectivity index (χ0n) is 14.3. The van der Waals surface area contributed by atoms with Gasteiger partial charge in [-0.05, 0) is 48.5 Å². The SMILES string of the molecule is COc1ccc(Nc2cc(-c3cccnc3)n(-c3ccccc3)n2)cc1. The summed E-state index contributed by atoms with van der Waals surface area (Å²) < 4.78 is 7.12. The lowest BCUT2D eigenvalue weighted by atomic mass is 10.2. The van der Waals surface area contributed by atoms with Crippen LogP contribution in [-0.4, -0.2) is 21.9 Å². The van der Waals surface area contributed by atoms with Gasteiger partial charge in [-0.3, -0.25) is 4.98 Å². The van der Waals surface area contributed by atoms with Crippen LogP contribution in [0.3, 0.4) is 0 Å². The molecule has 26 heavy (non-hydrogen) atoms. The van der Waals surface area contributed by atoms with Crippen LogP contribution in [0.25, 0.3) is 16.9 Å². The highest BCUT2D eigenvalue weighted by Crippen LogP contribution is 2.27. The molecule has 0 saturated carbocycles. The van der Waals surface area contributed by atoms with Crippen LogP contribution < -0.4 is 10.1 Å². The average Bonchev–Trinajstić information content (AvgIpc) is 3.14. The minimum atomic E-state index is 0.762. The maximum absolute atomic E-state index is 5.20. The normalized spacial score (nSPS) is 10.5. The summed E-state index contributed by atoms with van der Waals surface area (Å²) in [6.45, 7) is 0. The highest BCUT2D eigenvalue weighted by atomic mass is 16.5. The molecule has 0 unspecified atom stereocenters. The molecule has 2 aromatic carbocycles. The van der Waals surface area contributed by atoms with Gasteiger partial charge in [0, 0.05) is 29.7 Å². The number of nitrogens with one attached hydrogen (secondary N) is 1. The number of anilines is 2. The summed E-state index contributed by atoms with van der Waals surface area (Å²) in [6, 6.07) is 23.8. The van der Waals surface area contributed by atoms with E-state index in [4.69, 9.17) is 9.84 Å². The van der Waals surface area contributed by atoms with Gasteiger partial charge in [0.1, 0.15) is 5.75 Å². The molecule has 0 bridgehead atoms. The number of ether oxygens (including phenoxy) is 1. The van der Waals surface area contributed by atoms with Gasteiger partial charge in [-0.15, -0.1) is 5.10 Å². The average molecular weight is 342 g/mol. The van der Waals surface area contributed by atoms with E-state index in [1.165, 1.54) is 0 Å². The third-order valence-electron chi connectivity index (χ3n) is 4.03. The molecule has 0 aliphatic heterocycles. The van der Waals surface area contributed by atoms with Crippen molar-refractivity contribution in [1.29, 1.82) is 0 Å². The number of methoxy groups -OCH3 is 1. The molecule has 0 fully saturated rings. The second-order valence-corrected chi connectivity index (χ2v) is 5.76. The first-order valence-electron chi connectivity index (χ1n) is 8.30. The van der Waals surface area contributed by atoms with E-state index in [0.29, 0.717) is 0 Å². The van der Waals surface area contributed by atoms with Crippen LogP contribution >= 0.6 is 0 Å². The Morgan fingerprint density at radius 1 is 0.923 bits per heavy atom. The van der Waals surface area contributed by atoms with Gasteiger partial charge in [-0.1, -0.05) is 18.2 Å². The lowest BCUT2D eigenvalue weighted by Gasteiger charge is -2.06. The molecule has 2 heterocycles. The van der Waals surface area contributed by atoms with Crippen molar-refractivity contribution in [2.75, 3.05) is 12.4 Å². The largest absolute Gasteiger partial charge is 0.497 e. The van der Waals surface area contributed by atoms with Crippen molar-refractivity contribution in [2.24, 2.45) is 0 Å². The van der Waals surface area contributed by atoms with Crippen molar-refractivity contribution >= 4 is 11.5 Å². The number of pyridine rings is 1.